The van der Waals surface area contributed by atoms with Gasteiger partial charge >= 0.3 is 0 Å². The molecule has 0 heterocycles. The number of hydroxylamine groups is 1. The number of rotatable bonds is 8. The van der Waals surface area contributed by atoms with Gasteiger partial charge in [0.1, 0.15) is 11.6 Å². The van der Waals surface area contributed by atoms with E-state index in [0.717, 1.165) is 31.0 Å². The highest BCUT2D eigenvalue weighted by Crippen LogP contribution is 2.16. The van der Waals surface area contributed by atoms with Crippen LogP contribution in [0, 0.1) is 11.6 Å². The molecule has 0 radical (unpaired) electrons. The molecule has 0 saturated carbocycles. The summed E-state index contributed by atoms with van der Waals surface area (Å²) in [6, 6.07) is 2.87. The number of carbonyl (C=O) groups excluding carboxylic acids is 2. The van der Waals surface area contributed by atoms with Gasteiger partial charge in [0.25, 0.3) is 0 Å². The van der Waals surface area contributed by atoms with Crippen molar-refractivity contribution < 1.29 is 23.6 Å². The molecule has 0 fully saturated rings. The lowest BCUT2D eigenvalue weighted by molar-refractivity contribution is -0.129. The van der Waals surface area contributed by atoms with Crippen molar-refractivity contribution in [3.63, 3.8) is 0 Å². The molecule has 0 unspecified atom stereocenters. The number of hydrogen-bond acceptors (Lipinski definition) is 3. The molecule has 5 nitrogen and oxygen atoms in total. The molecule has 0 aliphatic rings. The molecule has 21 heavy (non-hydrogen) atoms. The quantitative estimate of drug-likeness (QED) is 0.392. The van der Waals surface area contributed by atoms with E-state index in [2.05, 4.69) is 5.32 Å². The van der Waals surface area contributed by atoms with Crippen LogP contribution in [0.3, 0.4) is 0 Å². The van der Waals surface area contributed by atoms with Gasteiger partial charge < -0.3 is 5.32 Å². The Morgan fingerprint density at radius 1 is 1.00 bits per heavy atom. The van der Waals surface area contributed by atoms with E-state index in [9.17, 15) is 18.4 Å². The molecule has 116 valence electrons. The molecule has 0 spiro atoms. The normalized spacial score (nSPS) is 10.2. The fourth-order valence-electron chi connectivity index (χ4n) is 1.79. The van der Waals surface area contributed by atoms with Crippen LogP contribution in [-0.2, 0) is 9.59 Å². The molecule has 1 rings (SSSR count). The van der Waals surface area contributed by atoms with E-state index in [1.807, 2.05) is 0 Å². The van der Waals surface area contributed by atoms with E-state index in [-0.39, 0.29) is 24.4 Å². The van der Waals surface area contributed by atoms with E-state index in [1.165, 1.54) is 0 Å². The number of anilines is 1. The molecule has 0 bridgehead atoms. The van der Waals surface area contributed by atoms with E-state index in [0.29, 0.717) is 12.8 Å². The number of unbranched alkanes of at least 4 members (excludes halogenated alkanes) is 3. The van der Waals surface area contributed by atoms with Gasteiger partial charge in [-0.15, -0.1) is 0 Å². The first-order valence-corrected chi connectivity index (χ1v) is 6.70. The number of carbonyl (C=O) groups is 2. The lowest BCUT2D eigenvalue weighted by Crippen LogP contribution is -2.17. The number of amides is 2. The van der Waals surface area contributed by atoms with Gasteiger partial charge in [0.2, 0.25) is 11.8 Å². The van der Waals surface area contributed by atoms with E-state index >= 15 is 0 Å². The number of benzene rings is 1. The summed E-state index contributed by atoms with van der Waals surface area (Å²) in [5.74, 6) is -2.12. The van der Waals surface area contributed by atoms with Crippen LogP contribution in [0.15, 0.2) is 18.2 Å². The van der Waals surface area contributed by atoms with E-state index in [1.54, 1.807) is 5.48 Å². The van der Waals surface area contributed by atoms with Crippen molar-refractivity contribution >= 4 is 17.5 Å². The van der Waals surface area contributed by atoms with Crippen molar-refractivity contribution in [1.29, 1.82) is 0 Å². The highest BCUT2D eigenvalue weighted by molar-refractivity contribution is 5.90. The minimum atomic E-state index is -0.681. The van der Waals surface area contributed by atoms with Crippen molar-refractivity contribution in [3.05, 3.63) is 29.8 Å². The van der Waals surface area contributed by atoms with Crippen molar-refractivity contribution in [1.82, 2.24) is 5.48 Å². The Morgan fingerprint density at radius 3 is 2.24 bits per heavy atom. The molecule has 1 aromatic carbocycles. The molecule has 0 aliphatic heterocycles. The maximum atomic E-state index is 13.3. The molecule has 2 amide bonds. The van der Waals surface area contributed by atoms with Gasteiger partial charge in [-0.2, -0.15) is 0 Å². The van der Waals surface area contributed by atoms with Crippen LogP contribution in [0.2, 0.25) is 0 Å². The Labute approximate surface area is 121 Å². The predicted octanol–water partition coefficient (Wildman–Crippen LogP) is 2.75. The fourth-order valence-corrected chi connectivity index (χ4v) is 1.79. The number of nitrogens with one attached hydrogen (secondary N) is 2. The number of halogens is 2. The summed E-state index contributed by atoms with van der Waals surface area (Å²) in [5.41, 5.74) is 1.38. The highest BCUT2D eigenvalue weighted by Gasteiger charge is 2.08. The van der Waals surface area contributed by atoms with Crippen molar-refractivity contribution in [2.45, 2.75) is 38.5 Å². The predicted molar refractivity (Wildman–Crippen MR) is 72.6 cm³/mol. The molecule has 1 aromatic rings. The Morgan fingerprint density at radius 2 is 1.62 bits per heavy atom. The molecule has 0 aliphatic carbocycles. The van der Waals surface area contributed by atoms with Gasteiger partial charge in [0.05, 0.1) is 5.69 Å². The standard InChI is InChI=1S/C14H18F2N2O3/c15-10-7-8-11(16)12(9-10)17-13(19)5-3-1-2-4-6-14(20)18-21/h7-9,21H,1-6H2,(H,17,19)(H,18,20). The maximum absolute atomic E-state index is 13.3. The first-order valence-electron chi connectivity index (χ1n) is 6.70. The first-order chi connectivity index (χ1) is 10.0. The molecular formula is C14H18F2N2O3. The Balaban J connectivity index is 2.20. The van der Waals surface area contributed by atoms with Crippen LogP contribution in [0.1, 0.15) is 38.5 Å². The minimum absolute atomic E-state index is 0.167. The third-order valence-electron chi connectivity index (χ3n) is 2.88. The Kier molecular flexibility index (Phi) is 7.31. The minimum Gasteiger partial charge on any atom is -0.324 e. The zero-order valence-electron chi connectivity index (χ0n) is 11.5. The third kappa shape index (κ3) is 6.80. The van der Waals surface area contributed by atoms with Crippen molar-refractivity contribution in [3.8, 4) is 0 Å². The molecule has 3 N–H and O–H groups in total. The Hall–Kier alpha value is -2.02. The van der Waals surface area contributed by atoms with Crippen molar-refractivity contribution in [2.24, 2.45) is 0 Å². The molecule has 0 saturated heterocycles. The summed E-state index contributed by atoms with van der Waals surface area (Å²) in [6.45, 7) is 0. The average Bonchev–Trinajstić information content (AvgIpc) is 2.46. The summed E-state index contributed by atoms with van der Waals surface area (Å²) < 4.78 is 26.2. The van der Waals surface area contributed by atoms with Crippen LogP contribution in [-0.4, -0.2) is 17.0 Å². The fraction of sp³-hybridized carbons (Fsp3) is 0.429. The van der Waals surface area contributed by atoms with Gasteiger partial charge in [-0.3, -0.25) is 14.8 Å². The largest absolute Gasteiger partial charge is 0.324 e. The summed E-state index contributed by atoms with van der Waals surface area (Å²) in [5, 5.41) is 10.6. The van der Waals surface area contributed by atoms with E-state index in [4.69, 9.17) is 5.21 Å². The average molecular weight is 300 g/mol. The van der Waals surface area contributed by atoms with Crippen LogP contribution in [0.25, 0.3) is 0 Å². The van der Waals surface area contributed by atoms with Crippen LogP contribution in [0.5, 0.6) is 0 Å². The van der Waals surface area contributed by atoms with Gasteiger partial charge in [0.15, 0.2) is 0 Å². The smallest absolute Gasteiger partial charge is 0.243 e. The monoisotopic (exact) mass is 300 g/mol. The maximum Gasteiger partial charge on any atom is 0.243 e. The molecule has 0 atom stereocenters. The zero-order chi connectivity index (χ0) is 15.7. The van der Waals surface area contributed by atoms with Crippen molar-refractivity contribution in [2.75, 3.05) is 5.32 Å². The lowest BCUT2D eigenvalue weighted by Gasteiger charge is -2.06. The van der Waals surface area contributed by atoms with E-state index < -0.39 is 17.5 Å². The summed E-state index contributed by atoms with van der Waals surface area (Å²) in [7, 11) is 0. The van der Waals surface area contributed by atoms with Gasteiger partial charge in [-0.1, -0.05) is 12.8 Å². The lowest BCUT2D eigenvalue weighted by atomic mass is 10.1. The summed E-state index contributed by atoms with van der Waals surface area (Å²) in [6.07, 6.45) is 3.11. The molecule has 0 aromatic heterocycles. The Bertz CT molecular complexity index is 495. The van der Waals surface area contributed by atoms with Crippen LogP contribution < -0.4 is 10.8 Å². The van der Waals surface area contributed by atoms with Crippen LogP contribution >= 0.6 is 0 Å². The van der Waals surface area contributed by atoms with Gasteiger partial charge in [0, 0.05) is 18.9 Å². The highest BCUT2D eigenvalue weighted by atomic mass is 19.1. The second-order valence-corrected chi connectivity index (χ2v) is 4.62. The molecule has 7 heteroatoms. The summed E-state index contributed by atoms with van der Waals surface area (Å²) in [4.78, 5) is 22.3. The molecular weight excluding hydrogens is 282 g/mol. The first kappa shape index (κ1) is 17.0. The topological polar surface area (TPSA) is 78.4 Å². The summed E-state index contributed by atoms with van der Waals surface area (Å²) >= 11 is 0. The zero-order valence-corrected chi connectivity index (χ0v) is 11.5. The van der Waals surface area contributed by atoms with Gasteiger partial charge in [-0.25, -0.2) is 14.3 Å². The number of hydrogen-bond donors (Lipinski definition) is 3. The second-order valence-electron chi connectivity index (χ2n) is 4.62. The van der Waals surface area contributed by atoms with Crippen LogP contribution in [0.4, 0.5) is 14.5 Å². The van der Waals surface area contributed by atoms with Gasteiger partial charge in [-0.05, 0) is 25.0 Å². The third-order valence-corrected chi connectivity index (χ3v) is 2.88. The second kappa shape index (κ2) is 9.02. The SMILES string of the molecule is O=C(CCCCCCC(=O)Nc1cc(F)ccc1F)NO.